The van der Waals surface area contributed by atoms with Crippen LogP contribution in [0, 0.1) is 12.3 Å². The first kappa shape index (κ1) is 20.0. The van der Waals surface area contributed by atoms with E-state index in [-0.39, 0.29) is 17.4 Å². The molecule has 1 saturated heterocycles. The average molecular weight is 403 g/mol. The van der Waals surface area contributed by atoms with E-state index < -0.39 is 6.10 Å². The molecule has 7 heteroatoms. The number of hydrogen-bond acceptors (Lipinski definition) is 4. The van der Waals surface area contributed by atoms with Gasteiger partial charge in [0.05, 0.1) is 13.5 Å². The molecule has 0 aliphatic carbocycles. The Hall–Kier alpha value is -2.73. The number of carbonyl (C=O) groups excluding carboxylic acids is 2. The summed E-state index contributed by atoms with van der Waals surface area (Å²) < 4.78 is 11.0. The highest BCUT2D eigenvalue weighted by Crippen LogP contribution is 2.48. The van der Waals surface area contributed by atoms with Gasteiger partial charge < -0.3 is 20.1 Å². The summed E-state index contributed by atoms with van der Waals surface area (Å²) in [5.41, 5.74) is 2.45. The molecule has 2 N–H and O–H groups in total. The van der Waals surface area contributed by atoms with E-state index in [4.69, 9.17) is 21.1 Å². The standard InChI is InChI=1S/C21H23ClN2O4/c1-12-9-13(22)5-7-16(12)24-20(26)23-14-6-8-17(27-4)15(10-14)19-21(2,3)11-18(25)28-19/h5-10,19H,11H2,1-4H3,(H2,23,24,26). The van der Waals surface area contributed by atoms with Crippen LogP contribution in [0.5, 0.6) is 5.75 Å². The molecule has 0 aromatic heterocycles. The Kier molecular flexibility index (Phi) is 5.52. The van der Waals surface area contributed by atoms with Gasteiger partial charge in [-0.2, -0.15) is 0 Å². The highest BCUT2D eigenvalue weighted by atomic mass is 35.5. The molecule has 2 amide bonds. The van der Waals surface area contributed by atoms with Crippen molar-refractivity contribution in [2.75, 3.05) is 17.7 Å². The molecule has 0 saturated carbocycles. The summed E-state index contributed by atoms with van der Waals surface area (Å²) in [4.78, 5) is 24.2. The number of urea groups is 1. The fourth-order valence-corrected chi connectivity index (χ4v) is 3.58. The summed E-state index contributed by atoms with van der Waals surface area (Å²) in [7, 11) is 1.56. The van der Waals surface area contributed by atoms with E-state index in [1.807, 2.05) is 20.8 Å². The van der Waals surface area contributed by atoms with Crippen LogP contribution in [0.3, 0.4) is 0 Å². The molecule has 1 heterocycles. The van der Waals surface area contributed by atoms with Gasteiger partial charge >= 0.3 is 12.0 Å². The molecular formula is C21H23ClN2O4. The topological polar surface area (TPSA) is 76.7 Å². The molecule has 2 aromatic carbocycles. The van der Waals surface area contributed by atoms with Crippen molar-refractivity contribution >= 4 is 35.0 Å². The lowest BCUT2D eigenvalue weighted by atomic mass is 9.81. The Morgan fingerprint density at radius 1 is 1.21 bits per heavy atom. The summed E-state index contributed by atoms with van der Waals surface area (Å²) in [6.07, 6.45) is -0.118. The van der Waals surface area contributed by atoms with E-state index in [0.717, 1.165) is 11.1 Å². The van der Waals surface area contributed by atoms with E-state index in [9.17, 15) is 9.59 Å². The smallest absolute Gasteiger partial charge is 0.323 e. The molecule has 1 unspecified atom stereocenters. The molecule has 1 fully saturated rings. The first-order chi connectivity index (χ1) is 13.2. The maximum Gasteiger partial charge on any atom is 0.323 e. The number of carbonyl (C=O) groups is 2. The highest BCUT2D eigenvalue weighted by Gasteiger charge is 2.44. The van der Waals surface area contributed by atoms with Crippen molar-refractivity contribution in [3.05, 3.63) is 52.5 Å². The lowest BCUT2D eigenvalue weighted by molar-refractivity contribution is -0.142. The van der Waals surface area contributed by atoms with Gasteiger partial charge in [0.15, 0.2) is 0 Å². The summed E-state index contributed by atoms with van der Waals surface area (Å²) in [6, 6.07) is 10.1. The zero-order chi connectivity index (χ0) is 20.5. The Bertz CT molecular complexity index is 927. The quantitative estimate of drug-likeness (QED) is 0.679. The average Bonchev–Trinajstić information content (AvgIpc) is 2.89. The number of esters is 1. The van der Waals surface area contributed by atoms with Gasteiger partial charge in [-0.15, -0.1) is 0 Å². The number of rotatable bonds is 4. The van der Waals surface area contributed by atoms with Crippen LogP contribution in [-0.2, 0) is 9.53 Å². The summed E-state index contributed by atoms with van der Waals surface area (Å²) in [5, 5.41) is 6.22. The van der Waals surface area contributed by atoms with Crippen LogP contribution in [-0.4, -0.2) is 19.1 Å². The molecule has 1 aliphatic heterocycles. The number of halogens is 1. The van der Waals surface area contributed by atoms with E-state index >= 15 is 0 Å². The Labute approximate surface area is 169 Å². The van der Waals surface area contributed by atoms with Crippen molar-refractivity contribution in [2.45, 2.75) is 33.3 Å². The molecule has 3 rings (SSSR count). The minimum absolute atomic E-state index is 0.244. The zero-order valence-corrected chi connectivity index (χ0v) is 17.0. The van der Waals surface area contributed by atoms with Crippen molar-refractivity contribution in [2.24, 2.45) is 5.41 Å². The van der Waals surface area contributed by atoms with Gasteiger partial charge in [0.2, 0.25) is 0 Å². The van der Waals surface area contributed by atoms with E-state index in [0.29, 0.717) is 28.6 Å². The number of benzene rings is 2. The van der Waals surface area contributed by atoms with Gasteiger partial charge in [0, 0.05) is 27.4 Å². The van der Waals surface area contributed by atoms with E-state index in [2.05, 4.69) is 10.6 Å². The van der Waals surface area contributed by atoms with Crippen LogP contribution < -0.4 is 15.4 Å². The van der Waals surface area contributed by atoms with Gasteiger partial charge in [-0.1, -0.05) is 25.4 Å². The predicted octanol–water partition coefficient (Wildman–Crippen LogP) is 5.32. The fraction of sp³-hybridized carbons (Fsp3) is 0.333. The molecule has 28 heavy (non-hydrogen) atoms. The highest BCUT2D eigenvalue weighted by molar-refractivity contribution is 6.30. The third-order valence-corrected chi connectivity index (χ3v) is 5.00. The number of hydrogen-bond donors (Lipinski definition) is 2. The number of aryl methyl sites for hydroxylation is 1. The van der Waals surface area contributed by atoms with Crippen LogP contribution >= 0.6 is 11.6 Å². The minimum Gasteiger partial charge on any atom is -0.496 e. The molecule has 0 bridgehead atoms. The number of amides is 2. The van der Waals surface area contributed by atoms with Gasteiger partial charge in [-0.3, -0.25) is 4.79 Å². The van der Waals surface area contributed by atoms with Gasteiger partial charge in [-0.05, 0) is 48.9 Å². The largest absolute Gasteiger partial charge is 0.496 e. The van der Waals surface area contributed by atoms with Crippen LogP contribution in [0.25, 0.3) is 0 Å². The third kappa shape index (κ3) is 4.22. The Morgan fingerprint density at radius 2 is 1.96 bits per heavy atom. The third-order valence-electron chi connectivity index (χ3n) is 4.77. The first-order valence-electron chi connectivity index (χ1n) is 8.91. The second-order valence-corrected chi connectivity index (χ2v) is 7.97. The number of nitrogens with one attached hydrogen (secondary N) is 2. The van der Waals surface area contributed by atoms with Crippen molar-refractivity contribution in [1.29, 1.82) is 0 Å². The molecular weight excluding hydrogens is 380 g/mol. The number of cyclic esters (lactones) is 1. The lowest BCUT2D eigenvalue weighted by Gasteiger charge is -2.26. The summed E-state index contributed by atoms with van der Waals surface area (Å²) >= 11 is 5.95. The molecule has 1 aliphatic rings. The normalized spacial score (nSPS) is 17.8. The van der Waals surface area contributed by atoms with Crippen LogP contribution in [0.1, 0.15) is 37.5 Å². The van der Waals surface area contributed by atoms with Crippen LogP contribution in [0.2, 0.25) is 5.02 Å². The van der Waals surface area contributed by atoms with Gasteiger partial charge in [0.25, 0.3) is 0 Å². The number of anilines is 2. The second-order valence-electron chi connectivity index (χ2n) is 7.53. The number of ether oxygens (including phenoxy) is 2. The van der Waals surface area contributed by atoms with Gasteiger partial charge in [-0.25, -0.2) is 4.79 Å². The van der Waals surface area contributed by atoms with E-state index in [1.54, 1.807) is 43.5 Å². The maximum atomic E-state index is 12.4. The summed E-state index contributed by atoms with van der Waals surface area (Å²) in [6.45, 7) is 5.81. The first-order valence-corrected chi connectivity index (χ1v) is 9.29. The number of methoxy groups -OCH3 is 1. The zero-order valence-electron chi connectivity index (χ0n) is 16.3. The van der Waals surface area contributed by atoms with Crippen molar-refractivity contribution in [1.82, 2.24) is 0 Å². The fourth-order valence-electron chi connectivity index (χ4n) is 3.35. The second kappa shape index (κ2) is 7.72. The molecule has 148 valence electrons. The predicted molar refractivity (Wildman–Crippen MR) is 109 cm³/mol. The molecule has 6 nitrogen and oxygen atoms in total. The molecule has 0 spiro atoms. The lowest BCUT2D eigenvalue weighted by Crippen LogP contribution is -2.21. The molecule has 0 radical (unpaired) electrons. The van der Waals surface area contributed by atoms with Gasteiger partial charge in [0.1, 0.15) is 11.9 Å². The SMILES string of the molecule is COc1ccc(NC(=O)Nc2ccc(Cl)cc2C)cc1C1OC(=O)CC1(C)C. The van der Waals surface area contributed by atoms with Crippen molar-refractivity contribution < 1.29 is 19.1 Å². The van der Waals surface area contributed by atoms with Crippen molar-refractivity contribution in [3.63, 3.8) is 0 Å². The Morgan fingerprint density at radius 3 is 2.57 bits per heavy atom. The van der Waals surface area contributed by atoms with Crippen molar-refractivity contribution in [3.8, 4) is 5.75 Å². The van der Waals surface area contributed by atoms with Crippen LogP contribution in [0.4, 0.5) is 16.2 Å². The maximum absolute atomic E-state index is 12.4. The minimum atomic E-state index is -0.446. The molecule has 2 aromatic rings. The summed E-state index contributed by atoms with van der Waals surface area (Å²) in [5.74, 6) is 0.360. The van der Waals surface area contributed by atoms with Crippen LogP contribution in [0.15, 0.2) is 36.4 Å². The molecule has 1 atom stereocenters. The van der Waals surface area contributed by atoms with E-state index in [1.165, 1.54) is 0 Å². The Balaban J connectivity index is 1.81. The monoisotopic (exact) mass is 402 g/mol.